The Balaban J connectivity index is 1.42. The molecule has 3 heterocycles. The number of rotatable bonds is 3. The van der Waals surface area contributed by atoms with Crippen LogP contribution in [0, 0.1) is 0 Å². The van der Waals surface area contributed by atoms with Crippen LogP contribution in [0.3, 0.4) is 0 Å². The highest BCUT2D eigenvalue weighted by atomic mass is 32.1. The number of carbonyl (C=O) groups excluding carboxylic acids is 1. The number of hydrogen-bond donors (Lipinski definition) is 0. The van der Waals surface area contributed by atoms with Crippen molar-refractivity contribution >= 4 is 38.4 Å². The molecule has 1 saturated heterocycles. The third kappa shape index (κ3) is 2.57. The number of thiazole rings is 1. The second-order valence-electron chi connectivity index (χ2n) is 6.57. The van der Waals surface area contributed by atoms with Crippen LogP contribution in [0.5, 0.6) is 0 Å². The van der Waals surface area contributed by atoms with Gasteiger partial charge in [0.1, 0.15) is 10.7 Å². The highest BCUT2D eigenvalue weighted by Gasteiger charge is 2.32. The first-order valence-electron chi connectivity index (χ1n) is 8.78. The maximum atomic E-state index is 13.0. The van der Waals surface area contributed by atoms with E-state index in [4.69, 9.17) is 9.51 Å². The first-order valence-corrected chi connectivity index (χ1v) is 9.59. The summed E-state index contributed by atoms with van der Waals surface area (Å²) < 4.78 is 6.50. The maximum absolute atomic E-state index is 13.0. The summed E-state index contributed by atoms with van der Waals surface area (Å²) in [7, 11) is 0. The molecular weight excluding hydrogens is 346 g/mol. The van der Waals surface area contributed by atoms with Gasteiger partial charge in [0.05, 0.1) is 22.7 Å². The molecule has 2 aromatic carbocycles. The normalized spacial score (nSPS) is 17.4. The molecule has 5 rings (SSSR count). The van der Waals surface area contributed by atoms with E-state index in [1.807, 2.05) is 47.4 Å². The number of likely N-dealkylation sites (tertiary alicyclic amines) is 1. The fraction of sp³-hybridized carbons (Fsp3) is 0.250. The summed E-state index contributed by atoms with van der Waals surface area (Å²) >= 11 is 1.69. The predicted molar refractivity (Wildman–Crippen MR) is 101 cm³/mol. The molecule has 2 aromatic heterocycles. The Labute approximate surface area is 154 Å². The van der Waals surface area contributed by atoms with Gasteiger partial charge in [0.15, 0.2) is 5.58 Å². The fourth-order valence-electron chi connectivity index (χ4n) is 3.66. The Bertz CT molecular complexity index is 1070. The molecule has 0 bridgehead atoms. The molecule has 0 unspecified atom stereocenters. The van der Waals surface area contributed by atoms with Gasteiger partial charge in [0, 0.05) is 11.9 Å². The second kappa shape index (κ2) is 6.21. The van der Waals surface area contributed by atoms with Gasteiger partial charge in [-0.1, -0.05) is 29.4 Å². The maximum Gasteiger partial charge on any atom is 0.229 e. The summed E-state index contributed by atoms with van der Waals surface area (Å²) in [5.41, 5.74) is 2.44. The van der Waals surface area contributed by atoms with E-state index in [-0.39, 0.29) is 18.4 Å². The number of para-hydroxylation sites is 2. The molecule has 1 aliphatic heterocycles. The molecule has 5 nitrogen and oxygen atoms in total. The molecule has 0 spiro atoms. The Morgan fingerprint density at radius 1 is 1.19 bits per heavy atom. The zero-order valence-corrected chi connectivity index (χ0v) is 14.9. The minimum atomic E-state index is 0.0677. The highest BCUT2D eigenvalue weighted by molar-refractivity contribution is 7.18. The SMILES string of the molecule is O=C(Cc1noc2ccccc12)N1CCC[C@@H]1c1nc2ccccc2s1. The quantitative estimate of drug-likeness (QED) is 0.543. The third-order valence-electron chi connectivity index (χ3n) is 4.94. The minimum absolute atomic E-state index is 0.0677. The molecule has 1 atom stereocenters. The van der Waals surface area contributed by atoms with Crippen LogP contribution in [0.1, 0.15) is 29.6 Å². The molecule has 6 heteroatoms. The third-order valence-corrected chi connectivity index (χ3v) is 6.08. The van der Waals surface area contributed by atoms with E-state index in [0.717, 1.165) is 40.9 Å². The number of nitrogens with zero attached hydrogens (tertiary/aromatic N) is 3. The van der Waals surface area contributed by atoms with Crippen LogP contribution in [-0.4, -0.2) is 27.5 Å². The van der Waals surface area contributed by atoms with Gasteiger partial charge < -0.3 is 9.42 Å². The molecule has 1 fully saturated rings. The summed E-state index contributed by atoms with van der Waals surface area (Å²) in [6.45, 7) is 0.773. The molecule has 0 N–H and O–H groups in total. The summed E-state index contributed by atoms with van der Waals surface area (Å²) in [6, 6.07) is 15.9. The summed E-state index contributed by atoms with van der Waals surface area (Å²) in [5, 5.41) is 6.05. The van der Waals surface area contributed by atoms with E-state index in [0.29, 0.717) is 5.69 Å². The monoisotopic (exact) mass is 363 g/mol. The first kappa shape index (κ1) is 15.5. The summed E-state index contributed by atoms with van der Waals surface area (Å²) in [6.07, 6.45) is 2.23. The van der Waals surface area contributed by atoms with Crippen molar-refractivity contribution < 1.29 is 9.32 Å². The zero-order chi connectivity index (χ0) is 17.5. The van der Waals surface area contributed by atoms with Crippen LogP contribution in [0.15, 0.2) is 53.1 Å². The van der Waals surface area contributed by atoms with Gasteiger partial charge in [-0.3, -0.25) is 4.79 Å². The molecule has 0 radical (unpaired) electrons. The van der Waals surface area contributed by atoms with Crippen LogP contribution < -0.4 is 0 Å². The molecular formula is C20H17N3O2S. The number of carbonyl (C=O) groups is 1. The van der Waals surface area contributed by atoms with Crippen molar-refractivity contribution in [1.29, 1.82) is 0 Å². The van der Waals surface area contributed by atoms with Crippen LogP contribution >= 0.6 is 11.3 Å². The summed E-state index contributed by atoms with van der Waals surface area (Å²) in [4.78, 5) is 19.7. The van der Waals surface area contributed by atoms with Gasteiger partial charge in [-0.25, -0.2) is 4.98 Å². The lowest BCUT2D eigenvalue weighted by molar-refractivity contribution is -0.131. The lowest BCUT2D eigenvalue weighted by Crippen LogP contribution is -2.31. The van der Waals surface area contributed by atoms with E-state index in [1.165, 1.54) is 4.70 Å². The molecule has 0 aliphatic carbocycles. The van der Waals surface area contributed by atoms with Gasteiger partial charge in [0.25, 0.3) is 0 Å². The smallest absolute Gasteiger partial charge is 0.229 e. The van der Waals surface area contributed by atoms with Crippen molar-refractivity contribution in [3.05, 3.63) is 59.2 Å². The van der Waals surface area contributed by atoms with E-state index < -0.39 is 0 Å². The van der Waals surface area contributed by atoms with Crippen molar-refractivity contribution in [3.63, 3.8) is 0 Å². The van der Waals surface area contributed by atoms with Gasteiger partial charge in [-0.2, -0.15) is 0 Å². The van der Waals surface area contributed by atoms with Crippen LogP contribution in [0.25, 0.3) is 21.2 Å². The van der Waals surface area contributed by atoms with E-state index in [1.54, 1.807) is 11.3 Å². The van der Waals surface area contributed by atoms with Gasteiger partial charge in [0.2, 0.25) is 5.91 Å². The molecule has 26 heavy (non-hydrogen) atoms. The van der Waals surface area contributed by atoms with Crippen molar-refractivity contribution in [2.75, 3.05) is 6.54 Å². The second-order valence-corrected chi connectivity index (χ2v) is 7.63. The summed E-state index contributed by atoms with van der Waals surface area (Å²) in [5.74, 6) is 0.0887. The van der Waals surface area contributed by atoms with Gasteiger partial charge >= 0.3 is 0 Å². The Kier molecular flexibility index (Phi) is 3.71. The molecule has 1 amide bonds. The zero-order valence-electron chi connectivity index (χ0n) is 14.1. The van der Waals surface area contributed by atoms with Gasteiger partial charge in [-0.15, -0.1) is 11.3 Å². The van der Waals surface area contributed by atoms with Crippen LogP contribution in [0.4, 0.5) is 0 Å². The Morgan fingerprint density at radius 3 is 2.96 bits per heavy atom. The first-order chi connectivity index (χ1) is 12.8. The average Bonchev–Trinajstić information content (AvgIpc) is 3.39. The lowest BCUT2D eigenvalue weighted by Gasteiger charge is -2.22. The van der Waals surface area contributed by atoms with Crippen LogP contribution in [0.2, 0.25) is 0 Å². The van der Waals surface area contributed by atoms with Crippen molar-refractivity contribution in [1.82, 2.24) is 15.0 Å². The largest absolute Gasteiger partial charge is 0.356 e. The molecule has 130 valence electrons. The van der Waals surface area contributed by atoms with E-state index >= 15 is 0 Å². The average molecular weight is 363 g/mol. The van der Waals surface area contributed by atoms with Crippen molar-refractivity contribution in [2.45, 2.75) is 25.3 Å². The fourth-order valence-corrected chi connectivity index (χ4v) is 4.78. The van der Waals surface area contributed by atoms with Crippen molar-refractivity contribution in [3.8, 4) is 0 Å². The van der Waals surface area contributed by atoms with E-state index in [9.17, 15) is 4.79 Å². The number of amides is 1. The molecule has 0 saturated carbocycles. The standard InChI is InChI=1S/C20H17N3O2S/c24-19(12-15-13-6-1-3-9-17(13)25-22-15)23-11-5-8-16(23)20-21-14-7-2-4-10-18(14)26-20/h1-4,6-7,9-10,16H,5,8,11-12H2/t16-/m1/s1. The number of aromatic nitrogens is 2. The molecule has 4 aromatic rings. The number of hydrogen-bond acceptors (Lipinski definition) is 5. The van der Waals surface area contributed by atoms with Crippen LogP contribution in [-0.2, 0) is 11.2 Å². The highest BCUT2D eigenvalue weighted by Crippen LogP contribution is 2.36. The predicted octanol–water partition coefficient (Wildman–Crippen LogP) is 4.34. The van der Waals surface area contributed by atoms with Crippen molar-refractivity contribution in [2.24, 2.45) is 0 Å². The number of benzene rings is 2. The van der Waals surface area contributed by atoms with Gasteiger partial charge in [-0.05, 0) is 37.1 Å². The Morgan fingerprint density at radius 2 is 2.04 bits per heavy atom. The topological polar surface area (TPSA) is 59.2 Å². The Hall–Kier alpha value is -2.73. The lowest BCUT2D eigenvalue weighted by atomic mass is 10.1. The molecule has 1 aliphatic rings. The minimum Gasteiger partial charge on any atom is -0.356 e. The van der Waals surface area contributed by atoms with E-state index in [2.05, 4.69) is 11.2 Å². The number of fused-ring (bicyclic) bond motifs is 2.